The maximum Gasteiger partial charge on any atom is 0.338 e. The number of halogens is 1. The lowest BCUT2D eigenvalue weighted by atomic mass is 9.95. The van der Waals surface area contributed by atoms with E-state index in [1.54, 1.807) is 32.1 Å². The molecule has 40 heavy (non-hydrogen) atoms. The Morgan fingerprint density at radius 3 is 2.70 bits per heavy atom. The van der Waals surface area contributed by atoms with Gasteiger partial charge in [0.1, 0.15) is 18.4 Å². The van der Waals surface area contributed by atoms with Crippen LogP contribution in [-0.4, -0.2) is 37.0 Å². The first-order chi connectivity index (χ1) is 19.2. The van der Waals surface area contributed by atoms with Crippen LogP contribution in [0.5, 0.6) is 17.2 Å². The van der Waals surface area contributed by atoms with Gasteiger partial charge in [0.05, 0.1) is 40.6 Å². The molecule has 0 aliphatic carbocycles. The normalized spacial score (nSPS) is 14.8. The van der Waals surface area contributed by atoms with Gasteiger partial charge in [-0.15, -0.1) is 6.42 Å². The molecule has 0 bridgehead atoms. The molecular weight excluding hydrogens is 552 g/mol. The monoisotopic (exact) mass is 580 g/mol. The molecule has 208 valence electrons. The number of benzene rings is 2. The molecule has 2 aromatic carbocycles. The van der Waals surface area contributed by atoms with Crippen molar-refractivity contribution in [2.75, 3.05) is 20.3 Å². The van der Waals surface area contributed by atoms with Crippen LogP contribution in [0.25, 0.3) is 6.08 Å². The van der Waals surface area contributed by atoms with E-state index in [-0.39, 0.29) is 35.5 Å². The summed E-state index contributed by atoms with van der Waals surface area (Å²) < 4.78 is 24.3. The van der Waals surface area contributed by atoms with E-state index >= 15 is 0 Å². The van der Waals surface area contributed by atoms with Gasteiger partial charge in [0, 0.05) is 5.56 Å². The summed E-state index contributed by atoms with van der Waals surface area (Å²) in [6, 6.07) is 9.92. The largest absolute Gasteiger partial charge is 0.493 e. The maximum absolute atomic E-state index is 14.0. The highest BCUT2D eigenvalue weighted by atomic mass is 35.5. The van der Waals surface area contributed by atoms with Gasteiger partial charge in [0.2, 0.25) is 0 Å². The Kier molecular flexibility index (Phi) is 9.03. The summed E-state index contributed by atoms with van der Waals surface area (Å²) in [5, 5.41) is 0.284. The molecular formula is C30H29ClN2O6S. The van der Waals surface area contributed by atoms with Crippen LogP contribution in [0.2, 0.25) is 5.02 Å². The molecule has 0 radical (unpaired) electrons. The van der Waals surface area contributed by atoms with Crippen LogP contribution in [0.15, 0.2) is 57.5 Å². The molecule has 0 saturated heterocycles. The lowest BCUT2D eigenvalue weighted by molar-refractivity contribution is -0.139. The Bertz CT molecular complexity index is 1700. The second kappa shape index (κ2) is 12.5. The number of para-hydroxylation sites is 1. The minimum atomic E-state index is -0.801. The smallest absolute Gasteiger partial charge is 0.338 e. The first kappa shape index (κ1) is 29.0. The number of nitrogens with zero attached hydrogens (tertiary/aromatic N) is 2. The Hall–Kier alpha value is -4.00. The Morgan fingerprint density at radius 2 is 2.02 bits per heavy atom. The van der Waals surface area contributed by atoms with Gasteiger partial charge in [-0.1, -0.05) is 47.1 Å². The molecule has 1 atom stereocenters. The third-order valence-corrected chi connectivity index (χ3v) is 7.21. The average Bonchev–Trinajstić information content (AvgIpc) is 3.21. The number of allylic oxidation sites excluding steroid dienone is 1. The fourth-order valence-corrected chi connectivity index (χ4v) is 5.70. The highest BCUT2D eigenvalue weighted by Crippen LogP contribution is 2.37. The molecule has 0 spiro atoms. The number of fused-ring (bicyclic) bond motifs is 1. The van der Waals surface area contributed by atoms with E-state index in [0.29, 0.717) is 43.4 Å². The Balaban J connectivity index is 1.94. The van der Waals surface area contributed by atoms with E-state index in [9.17, 15) is 9.59 Å². The quantitative estimate of drug-likeness (QED) is 0.278. The van der Waals surface area contributed by atoms with Crippen molar-refractivity contribution in [1.82, 2.24) is 4.57 Å². The Morgan fingerprint density at radius 1 is 1.27 bits per heavy atom. The third-order valence-electron chi connectivity index (χ3n) is 5.94. The predicted octanol–water partition coefficient (Wildman–Crippen LogP) is 4.26. The molecule has 2 heterocycles. The van der Waals surface area contributed by atoms with Crippen LogP contribution in [0.3, 0.4) is 0 Å². The third kappa shape index (κ3) is 5.79. The van der Waals surface area contributed by atoms with Crippen LogP contribution in [0, 0.1) is 12.3 Å². The molecule has 8 nitrogen and oxygen atoms in total. The SMILES string of the molecule is C#CCOc1c(Cl)cc(/C=c2\sc3n(c2=O)C(c2ccccc2OC(C)C)C(C(=O)OCC)=C(C)N=3)cc1OC. The first-order valence-corrected chi connectivity index (χ1v) is 13.8. The zero-order chi connectivity index (χ0) is 29.0. The molecule has 0 saturated carbocycles. The number of ether oxygens (including phenoxy) is 4. The van der Waals surface area contributed by atoms with Gasteiger partial charge >= 0.3 is 5.97 Å². The summed E-state index contributed by atoms with van der Waals surface area (Å²) in [4.78, 5) is 32.2. The number of hydrogen-bond acceptors (Lipinski definition) is 8. The van der Waals surface area contributed by atoms with E-state index < -0.39 is 12.0 Å². The Labute approximate surface area is 241 Å². The number of methoxy groups -OCH3 is 1. The topological polar surface area (TPSA) is 88.4 Å². The lowest BCUT2D eigenvalue weighted by Gasteiger charge is -2.26. The van der Waals surface area contributed by atoms with Crippen LogP contribution in [0.1, 0.15) is 44.9 Å². The fourth-order valence-electron chi connectivity index (χ4n) is 4.38. The highest BCUT2D eigenvalue weighted by Gasteiger charge is 2.35. The van der Waals surface area contributed by atoms with E-state index in [2.05, 4.69) is 10.9 Å². The zero-order valence-electron chi connectivity index (χ0n) is 22.8. The summed E-state index contributed by atoms with van der Waals surface area (Å²) in [6.45, 7) is 7.51. The van der Waals surface area contributed by atoms with Crippen molar-refractivity contribution in [3.63, 3.8) is 0 Å². The molecule has 0 amide bonds. The molecule has 1 aromatic heterocycles. The standard InChI is InChI=1S/C30H29ClN2O6S/c1-7-13-38-27-21(31)14-19(15-23(27)36-6)16-24-28(34)33-26(20-11-9-10-12-22(20)39-17(3)4)25(29(35)37-8-2)18(5)32-30(33)40-24/h1,9-12,14-17,26H,8,13H2,2-6H3/b24-16-. The second-order valence-electron chi connectivity index (χ2n) is 9.03. The molecule has 3 aromatic rings. The number of aromatic nitrogens is 1. The average molecular weight is 581 g/mol. The number of rotatable bonds is 9. The van der Waals surface area contributed by atoms with Gasteiger partial charge in [-0.05, 0) is 57.5 Å². The van der Waals surface area contributed by atoms with Crippen molar-refractivity contribution < 1.29 is 23.7 Å². The summed E-state index contributed by atoms with van der Waals surface area (Å²) >= 11 is 7.66. The summed E-state index contributed by atoms with van der Waals surface area (Å²) in [5.41, 5.74) is 1.68. The van der Waals surface area contributed by atoms with Gasteiger partial charge < -0.3 is 18.9 Å². The number of carbonyl (C=O) groups excluding carboxylic acids is 1. The lowest BCUT2D eigenvalue weighted by Crippen LogP contribution is -2.40. The van der Waals surface area contributed by atoms with Crippen molar-refractivity contribution in [3.8, 4) is 29.6 Å². The number of thiazole rings is 1. The summed E-state index contributed by atoms with van der Waals surface area (Å²) in [6.07, 6.45) is 6.88. The van der Waals surface area contributed by atoms with Crippen molar-refractivity contribution >= 4 is 35.0 Å². The van der Waals surface area contributed by atoms with E-state index in [1.165, 1.54) is 23.0 Å². The maximum atomic E-state index is 14.0. The van der Waals surface area contributed by atoms with Gasteiger partial charge in [-0.25, -0.2) is 9.79 Å². The van der Waals surface area contributed by atoms with E-state index in [4.69, 9.17) is 37.0 Å². The van der Waals surface area contributed by atoms with Crippen molar-refractivity contribution in [3.05, 3.63) is 83.5 Å². The molecule has 0 N–H and O–H groups in total. The number of carbonyl (C=O) groups is 1. The van der Waals surface area contributed by atoms with Crippen LogP contribution in [-0.2, 0) is 9.53 Å². The number of esters is 1. The highest BCUT2D eigenvalue weighted by molar-refractivity contribution is 7.07. The van der Waals surface area contributed by atoms with Crippen molar-refractivity contribution in [2.45, 2.75) is 39.8 Å². The number of hydrogen-bond donors (Lipinski definition) is 0. The molecule has 1 aliphatic heterocycles. The minimum absolute atomic E-state index is 0.0260. The second-order valence-corrected chi connectivity index (χ2v) is 10.4. The van der Waals surface area contributed by atoms with Crippen LogP contribution in [0.4, 0.5) is 0 Å². The summed E-state index contributed by atoms with van der Waals surface area (Å²) in [7, 11) is 1.49. The molecule has 10 heteroatoms. The van der Waals surface area contributed by atoms with Crippen molar-refractivity contribution in [2.24, 2.45) is 4.99 Å². The van der Waals surface area contributed by atoms with Crippen LogP contribution >= 0.6 is 22.9 Å². The first-order valence-electron chi connectivity index (χ1n) is 12.6. The van der Waals surface area contributed by atoms with Gasteiger partial charge in [0.15, 0.2) is 16.3 Å². The summed E-state index contributed by atoms with van der Waals surface area (Å²) in [5.74, 6) is 3.11. The molecule has 4 rings (SSSR count). The number of terminal acetylenes is 1. The van der Waals surface area contributed by atoms with Gasteiger partial charge in [0.25, 0.3) is 5.56 Å². The van der Waals surface area contributed by atoms with E-state index in [1.807, 2.05) is 38.1 Å². The van der Waals surface area contributed by atoms with Gasteiger partial charge in [-0.3, -0.25) is 9.36 Å². The van der Waals surface area contributed by atoms with E-state index in [0.717, 1.165) is 0 Å². The van der Waals surface area contributed by atoms with Crippen LogP contribution < -0.4 is 29.1 Å². The molecule has 1 unspecified atom stereocenters. The molecule has 1 aliphatic rings. The fraction of sp³-hybridized carbons (Fsp3) is 0.300. The molecule has 0 fully saturated rings. The predicted molar refractivity (Wildman–Crippen MR) is 155 cm³/mol. The van der Waals surface area contributed by atoms with Gasteiger partial charge in [-0.2, -0.15) is 0 Å². The zero-order valence-corrected chi connectivity index (χ0v) is 24.4. The minimum Gasteiger partial charge on any atom is -0.493 e. The van der Waals surface area contributed by atoms with Crippen molar-refractivity contribution in [1.29, 1.82) is 0 Å².